The van der Waals surface area contributed by atoms with Gasteiger partial charge in [0.25, 0.3) is 0 Å². The molecule has 168 valence electrons. The van der Waals surface area contributed by atoms with Crippen molar-refractivity contribution in [2.75, 3.05) is 13.7 Å². The highest BCUT2D eigenvalue weighted by Gasteiger charge is 3.02. The van der Waals surface area contributed by atoms with Crippen molar-refractivity contribution < 1.29 is 19.4 Å². The average molecular weight is 433 g/mol. The summed E-state index contributed by atoms with van der Waals surface area (Å²) >= 11 is 0. The van der Waals surface area contributed by atoms with E-state index in [1.165, 1.54) is 25.7 Å². The van der Waals surface area contributed by atoms with E-state index < -0.39 is 11.0 Å². The molecule has 1 aromatic rings. The van der Waals surface area contributed by atoms with Crippen LogP contribution in [0, 0.1) is 75.9 Å². The number of ether oxygens (including phenoxy) is 2. The number of aliphatic hydroxyl groups is 1. The molecule has 0 spiro atoms. The van der Waals surface area contributed by atoms with Gasteiger partial charge < -0.3 is 14.6 Å². The molecular formula is C28H32O4. The first-order chi connectivity index (χ1) is 15.6. The third-order valence-electron chi connectivity index (χ3n) is 13.2. The highest BCUT2D eigenvalue weighted by Crippen LogP contribution is 2.98. The predicted octanol–water partition coefficient (Wildman–Crippen LogP) is 3.78. The Hall–Kier alpha value is -1.55. The molecule has 10 rings (SSSR count). The molecule has 9 aliphatic carbocycles. The van der Waals surface area contributed by atoms with Crippen LogP contribution < -0.4 is 4.74 Å². The smallest absolute Gasteiger partial charge is 0.315 e. The minimum absolute atomic E-state index is 0.0618. The van der Waals surface area contributed by atoms with Gasteiger partial charge in [0.1, 0.15) is 11.2 Å². The normalized spacial score (nSPS) is 62.4. The molecule has 9 fully saturated rings. The molecule has 4 nitrogen and oxygen atoms in total. The number of benzene rings is 1. The Morgan fingerprint density at radius 2 is 1.66 bits per heavy atom. The number of hydrogen-bond acceptors (Lipinski definition) is 4. The van der Waals surface area contributed by atoms with Crippen LogP contribution in [0.1, 0.15) is 32.1 Å². The number of methoxy groups -OCH3 is 1. The third-order valence-corrected chi connectivity index (χ3v) is 13.2. The van der Waals surface area contributed by atoms with Gasteiger partial charge in [-0.25, -0.2) is 0 Å². The summed E-state index contributed by atoms with van der Waals surface area (Å²) in [6, 6.07) is 10.2. The number of carbonyl (C=O) groups excluding carboxylic acids is 1. The van der Waals surface area contributed by atoms with Crippen LogP contribution in [0.25, 0.3) is 0 Å². The SMILES string of the molecule is COC(=O)[C@]12[C@@H]3[C@H]4CC[C@@H]5[C@@H]4[C@@H]4[C@@H]3[C@@H]3[C@H]([C@H]6CCC[C@H]6[C@@H]31)[C@]4(COc1ccccc1)[C@@]52O. The first kappa shape index (κ1) is 17.9. The molecule has 0 heterocycles. The van der Waals surface area contributed by atoms with E-state index in [4.69, 9.17) is 9.47 Å². The standard InChI is InChI=1S/C28H32O4/c1-31-25(29)27-22-15-9-5-8-14(15)21-19(22)20-23(27)16-10-11-17-18(16)24(20)26(21,28(17,27)30)12-32-13-6-3-2-4-7-13/h2-4,6-7,14-24,30H,5,8-12H2,1H3/t14-,15+,16-,17+,18+,19+,20+,21-,22-,23+,24+,26-,27+,28-/m0/s1. The van der Waals surface area contributed by atoms with Crippen molar-refractivity contribution in [3.63, 3.8) is 0 Å². The minimum Gasteiger partial charge on any atom is -0.493 e. The van der Waals surface area contributed by atoms with Crippen molar-refractivity contribution in [1.82, 2.24) is 0 Å². The molecule has 0 radical (unpaired) electrons. The third kappa shape index (κ3) is 1.32. The number of rotatable bonds is 4. The first-order valence-electron chi connectivity index (χ1n) is 13.1. The van der Waals surface area contributed by atoms with Crippen LogP contribution in [0.5, 0.6) is 5.75 Å². The van der Waals surface area contributed by atoms with Gasteiger partial charge >= 0.3 is 5.97 Å². The average Bonchev–Trinajstić information content (AvgIpc) is 3.59. The van der Waals surface area contributed by atoms with Gasteiger partial charge in [-0.15, -0.1) is 0 Å². The van der Waals surface area contributed by atoms with E-state index >= 15 is 0 Å². The number of carbonyl (C=O) groups is 1. The molecule has 1 aromatic carbocycles. The van der Waals surface area contributed by atoms with Crippen LogP contribution in [-0.2, 0) is 9.53 Å². The second-order valence-electron chi connectivity index (χ2n) is 12.7. The van der Waals surface area contributed by atoms with E-state index in [2.05, 4.69) is 0 Å². The molecule has 9 saturated carbocycles. The highest BCUT2D eigenvalue weighted by molar-refractivity contribution is 5.83. The van der Waals surface area contributed by atoms with Crippen molar-refractivity contribution in [3.05, 3.63) is 30.3 Å². The van der Waals surface area contributed by atoms with Crippen LogP contribution in [0.3, 0.4) is 0 Å². The molecule has 0 saturated heterocycles. The Morgan fingerprint density at radius 3 is 2.44 bits per heavy atom. The molecule has 0 aliphatic heterocycles. The molecule has 0 aromatic heterocycles. The molecular weight excluding hydrogens is 400 g/mol. The summed E-state index contributed by atoms with van der Waals surface area (Å²) in [5, 5.41) is 13.2. The van der Waals surface area contributed by atoms with E-state index in [0.29, 0.717) is 65.8 Å². The lowest BCUT2D eigenvalue weighted by Crippen LogP contribution is -2.74. The van der Waals surface area contributed by atoms with E-state index in [1.807, 2.05) is 30.3 Å². The Morgan fingerprint density at radius 1 is 0.938 bits per heavy atom. The Kier molecular flexibility index (Phi) is 2.84. The van der Waals surface area contributed by atoms with Gasteiger partial charge in [0.05, 0.1) is 19.3 Å². The zero-order valence-electron chi connectivity index (χ0n) is 18.7. The zero-order chi connectivity index (χ0) is 21.2. The number of fused-ring (bicyclic) bond motifs is 1. The quantitative estimate of drug-likeness (QED) is 0.736. The fourth-order valence-corrected chi connectivity index (χ4v) is 13.7. The lowest BCUT2D eigenvalue weighted by Gasteiger charge is -2.63. The summed E-state index contributed by atoms with van der Waals surface area (Å²) < 4.78 is 12.3. The largest absolute Gasteiger partial charge is 0.493 e. The molecule has 9 aliphatic rings. The zero-order valence-corrected chi connectivity index (χ0v) is 18.7. The number of hydrogen-bond donors (Lipinski definition) is 1. The van der Waals surface area contributed by atoms with E-state index in [-0.39, 0.29) is 17.3 Å². The fourth-order valence-electron chi connectivity index (χ4n) is 13.7. The van der Waals surface area contributed by atoms with Crippen LogP contribution in [0.15, 0.2) is 30.3 Å². The van der Waals surface area contributed by atoms with Crippen LogP contribution in [-0.4, -0.2) is 30.4 Å². The monoisotopic (exact) mass is 432 g/mol. The Bertz CT molecular complexity index is 1050. The summed E-state index contributed by atoms with van der Waals surface area (Å²) in [6.07, 6.45) is 6.12. The van der Waals surface area contributed by atoms with Crippen molar-refractivity contribution in [2.24, 2.45) is 75.9 Å². The maximum atomic E-state index is 14.0. The van der Waals surface area contributed by atoms with E-state index in [0.717, 1.165) is 12.2 Å². The van der Waals surface area contributed by atoms with Crippen molar-refractivity contribution in [3.8, 4) is 5.75 Å². The van der Waals surface area contributed by atoms with Crippen molar-refractivity contribution in [1.29, 1.82) is 0 Å². The minimum atomic E-state index is -0.946. The number of esters is 1. The Labute approximate surface area is 189 Å². The second-order valence-corrected chi connectivity index (χ2v) is 12.7. The highest BCUT2D eigenvalue weighted by atomic mass is 16.5. The van der Waals surface area contributed by atoms with Gasteiger partial charge in [0.2, 0.25) is 0 Å². The first-order valence-corrected chi connectivity index (χ1v) is 13.1. The lowest BCUT2D eigenvalue weighted by atomic mass is 9.42. The topological polar surface area (TPSA) is 55.8 Å². The lowest BCUT2D eigenvalue weighted by molar-refractivity contribution is -0.271. The summed E-state index contributed by atoms with van der Waals surface area (Å²) in [6.45, 7) is 0.580. The van der Waals surface area contributed by atoms with Crippen LogP contribution in [0.4, 0.5) is 0 Å². The van der Waals surface area contributed by atoms with E-state index in [9.17, 15) is 9.90 Å². The molecule has 4 heteroatoms. The summed E-state index contributed by atoms with van der Waals surface area (Å²) in [5.74, 6) is 6.66. The van der Waals surface area contributed by atoms with Crippen molar-refractivity contribution >= 4 is 5.97 Å². The molecule has 32 heavy (non-hydrogen) atoms. The molecule has 14 atom stereocenters. The van der Waals surface area contributed by atoms with Gasteiger partial charge in [0.15, 0.2) is 0 Å². The van der Waals surface area contributed by atoms with Crippen LogP contribution in [0.2, 0.25) is 0 Å². The van der Waals surface area contributed by atoms with Gasteiger partial charge in [0, 0.05) is 5.41 Å². The second kappa shape index (κ2) is 5.09. The Balaban J connectivity index is 1.32. The molecule has 9 bridgehead atoms. The van der Waals surface area contributed by atoms with Crippen molar-refractivity contribution in [2.45, 2.75) is 37.7 Å². The van der Waals surface area contributed by atoms with Gasteiger partial charge in [-0.1, -0.05) is 24.6 Å². The molecule has 0 unspecified atom stereocenters. The summed E-state index contributed by atoms with van der Waals surface area (Å²) in [4.78, 5) is 14.0. The maximum Gasteiger partial charge on any atom is 0.315 e. The van der Waals surface area contributed by atoms with Gasteiger partial charge in [-0.05, 0) is 103 Å². The van der Waals surface area contributed by atoms with Gasteiger partial charge in [-0.3, -0.25) is 4.79 Å². The van der Waals surface area contributed by atoms with Gasteiger partial charge in [-0.2, -0.15) is 0 Å². The summed E-state index contributed by atoms with van der Waals surface area (Å²) in [7, 11) is 1.57. The summed E-state index contributed by atoms with van der Waals surface area (Å²) in [5.41, 5.74) is -1.89. The van der Waals surface area contributed by atoms with Crippen LogP contribution >= 0.6 is 0 Å². The maximum absolute atomic E-state index is 14.0. The van der Waals surface area contributed by atoms with E-state index in [1.54, 1.807) is 7.11 Å². The fraction of sp³-hybridized carbons (Fsp3) is 0.750. The predicted molar refractivity (Wildman–Crippen MR) is 115 cm³/mol. The number of para-hydroxylation sites is 1. The molecule has 0 amide bonds. The molecule has 1 N–H and O–H groups in total.